The largest absolute Gasteiger partial charge is 0.494 e. The molecule has 4 nitrogen and oxygen atoms in total. The Balaban J connectivity index is 2.04. The van der Waals surface area contributed by atoms with E-state index in [1.165, 1.54) is 32.1 Å². The molecule has 2 rings (SSSR count). The molecule has 1 aliphatic carbocycles. The summed E-state index contributed by atoms with van der Waals surface area (Å²) in [6.45, 7) is 5.64. The van der Waals surface area contributed by atoms with Crippen molar-refractivity contribution in [3.63, 3.8) is 0 Å². The molecule has 4 heteroatoms. The van der Waals surface area contributed by atoms with Crippen molar-refractivity contribution in [3.8, 4) is 5.75 Å². The summed E-state index contributed by atoms with van der Waals surface area (Å²) in [5.74, 6) is 0.815. The van der Waals surface area contributed by atoms with Crippen LogP contribution in [-0.2, 0) is 11.3 Å². The van der Waals surface area contributed by atoms with Crippen molar-refractivity contribution in [2.24, 2.45) is 0 Å². The molecule has 1 saturated carbocycles. The average Bonchev–Trinajstić information content (AvgIpc) is 2.56. The van der Waals surface area contributed by atoms with Gasteiger partial charge in [0.25, 0.3) is 5.91 Å². The molecular weight excluding hydrogens is 302 g/mol. The second kappa shape index (κ2) is 10.3. The summed E-state index contributed by atoms with van der Waals surface area (Å²) in [7, 11) is 0. The molecule has 0 saturated heterocycles. The van der Waals surface area contributed by atoms with Gasteiger partial charge in [0, 0.05) is 23.8 Å². The van der Waals surface area contributed by atoms with Gasteiger partial charge in [-0.1, -0.05) is 32.1 Å². The Bertz CT molecular complexity index is 508. The van der Waals surface area contributed by atoms with E-state index in [9.17, 15) is 4.79 Å². The molecule has 1 aliphatic rings. The molecule has 1 aromatic carbocycles. The first-order chi connectivity index (χ1) is 11.7. The normalized spacial score (nSPS) is 16.2. The first-order valence-corrected chi connectivity index (χ1v) is 9.39. The summed E-state index contributed by atoms with van der Waals surface area (Å²) in [5.41, 5.74) is 1.62. The average molecular weight is 333 g/mol. The van der Waals surface area contributed by atoms with Crippen molar-refractivity contribution in [1.82, 2.24) is 5.32 Å². The van der Waals surface area contributed by atoms with Gasteiger partial charge < -0.3 is 14.8 Å². The summed E-state index contributed by atoms with van der Waals surface area (Å²) >= 11 is 0. The number of carbonyl (C=O) groups excluding carboxylic acids is 1. The third-order valence-corrected chi connectivity index (χ3v) is 4.52. The maximum absolute atomic E-state index is 12.6. The van der Waals surface area contributed by atoms with E-state index in [2.05, 4.69) is 5.32 Å². The number of hydrogen-bond donors (Lipinski definition) is 1. The molecule has 0 heterocycles. The number of hydrogen-bond acceptors (Lipinski definition) is 3. The fourth-order valence-corrected chi connectivity index (χ4v) is 3.21. The molecule has 1 fully saturated rings. The minimum Gasteiger partial charge on any atom is -0.494 e. The third kappa shape index (κ3) is 5.82. The summed E-state index contributed by atoms with van der Waals surface area (Å²) in [5, 5.41) is 3.22. The van der Waals surface area contributed by atoms with Crippen molar-refractivity contribution < 1.29 is 14.3 Å². The van der Waals surface area contributed by atoms with Crippen LogP contribution in [0.4, 0.5) is 0 Å². The minimum atomic E-state index is 0.0152. The highest BCUT2D eigenvalue weighted by Gasteiger charge is 2.16. The van der Waals surface area contributed by atoms with Crippen LogP contribution in [0.25, 0.3) is 0 Å². The highest BCUT2D eigenvalue weighted by molar-refractivity contribution is 5.94. The zero-order chi connectivity index (χ0) is 17.2. The molecule has 1 amide bonds. The van der Waals surface area contributed by atoms with Crippen LogP contribution in [0.1, 0.15) is 74.7 Å². The highest BCUT2D eigenvalue weighted by atomic mass is 16.5. The van der Waals surface area contributed by atoms with Crippen LogP contribution in [0, 0.1) is 0 Å². The van der Waals surface area contributed by atoms with Crippen molar-refractivity contribution in [1.29, 1.82) is 0 Å². The van der Waals surface area contributed by atoms with Gasteiger partial charge in [0.1, 0.15) is 5.75 Å². The van der Waals surface area contributed by atoms with E-state index in [0.717, 1.165) is 24.2 Å². The van der Waals surface area contributed by atoms with Crippen LogP contribution in [0.3, 0.4) is 0 Å². The Morgan fingerprint density at radius 3 is 2.46 bits per heavy atom. The lowest BCUT2D eigenvalue weighted by Gasteiger charge is -2.21. The molecule has 0 aliphatic heterocycles. The Hall–Kier alpha value is -1.55. The monoisotopic (exact) mass is 333 g/mol. The summed E-state index contributed by atoms with van der Waals surface area (Å²) in [6.07, 6.45) is 8.51. The predicted molar refractivity (Wildman–Crippen MR) is 96.5 cm³/mol. The van der Waals surface area contributed by atoms with E-state index in [1.54, 1.807) is 0 Å². The first-order valence-electron chi connectivity index (χ1n) is 9.39. The van der Waals surface area contributed by atoms with Gasteiger partial charge in [0.2, 0.25) is 0 Å². The van der Waals surface area contributed by atoms with Crippen LogP contribution in [0.15, 0.2) is 18.2 Å². The SMILES string of the molecule is CCOCc1cc(C(=O)NC2CCCCCCC2)ccc1OCC. The lowest BCUT2D eigenvalue weighted by atomic mass is 9.96. The summed E-state index contributed by atoms with van der Waals surface area (Å²) < 4.78 is 11.1. The molecule has 134 valence electrons. The zero-order valence-corrected chi connectivity index (χ0v) is 15.1. The van der Waals surface area contributed by atoms with Gasteiger partial charge >= 0.3 is 0 Å². The van der Waals surface area contributed by atoms with Gasteiger partial charge in [-0.2, -0.15) is 0 Å². The van der Waals surface area contributed by atoms with Crippen molar-refractivity contribution in [3.05, 3.63) is 29.3 Å². The van der Waals surface area contributed by atoms with Gasteiger partial charge in [-0.25, -0.2) is 0 Å². The van der Waals surface area contributed by atoms with Crippen LogP contribution in [0.5, 0.6) is 5.75 Å². The quantitative estimate of drug-likeness (QED) is 0.801. The van der Waals surface area contributed by atoms with E-state index < -0.39 is 0 Å². The van der Waals surface area contributed by atoms with Gasteiger partial charge in [-0.05, 0) is 44.9 Å². The van der Waals surface area contributed by atoms with Crippen LogP contribution >= 0.6 is 0 Å². The number of nitrogens with one attached hydrogen (secondary N) is 1. The molecular formula is C20H31NO3. The lowest BCUT2D eigenvalue weighted by molar-refractivity contribution is 0.0929. The zero-order valence-electron chi connectivity index (χ0n) is 15.1. The molecule has 0 atom stereocenters. The molecule has 24 heavy (non-hydrogen) atoms. The Kier molecular flexibility index (Phi) is 8.10. The van der Waals surface area contributed by atoms with Gasteiger partial charge in [-0.15, -0.1) is 0 Å². The van der Waals surface area contributed by atoms with E-state index in [0.29, 0.717) is 31.4 Å². The van der Waals surface area contributed by atoms with E-state index in [-0.39, 0.29) is 5.91 Å². The molecule has 0 bridgehead atoms. The second-order valence-corrected chi connectivity index (χ2v) is 6.41. The maximum Gasteiger partial charge on any atom is 0.251 e. The van der Waals surface area contributed by atoms with Crippen molar-refractivity contribution in [2.75, 3.05) is 13.2 Å². The Morgan fingerprint density at radius 1 is 1.08 bits per heavy atom. The first kappa shape index (κ1) is 18.8. The fraction of sp³-hybridized carbons (Fsp3) is 0.650. The third-order valence-electron chi connectivity index (χ3n) is 4.52. The van der Waals surface area contributed by atoms with Crippen molar-refractivity contribution in [2.45, 2.75) is 71.4 Å². The fourth-order valence-electron chi connectivity index (χ4n) is 3.21. The van der Waals surface area contributed by atoms with Gasteiger partial charge in [0.05, 0.1) is 13.2 Å². The smallest absolute Gasteiger partial charge is 0.251 e. The molecule has 1 aromatic rings. The van der Waals surface area contributed by atoms with E-state index in [4.69, 9.17) is 9.47 Å². The number of rotatable bonds is 7. The standard InChI is InChI=1S/C20H31NO3/c1-3-23-15-17-14-16(12-13-19(17)24-4-2)20(22)21-18-10-8-6-5-7-9-11-18/h12-14,18H,3-11,15H2,1-2H3,(H,21,22). The Morgan fingerprint density at radius 2 is 1.79 bits per heavy atom. The summed E-state index contributed by atoms with van der Waals surface area (Å²) in [4.78, 5) is 12.6. The highest BCUT2D eigenvalue weighted by Crippen LogP contribution is 2.22. The summed E-state index contributed by atoms with van der Waals surface area (Å²) in [6, 6.07) is 5.93. The topological polar surface area (TPSA) is 47.6 Å². The van der Waals surface area contributed by atoms with Crippen LogP contribution < -0.4 is 10.1 Å². The van der Waals surface area contributed by atoms with E-state index in [1.807, 2.05) is 32.0 Å². The molecule has 0 radical (unpaired) electrons. The molecule has 0 spiro atoms. The lowest BCUT2D eigenvalue weighted by Crippen LogP contribution is -2.35. The van der Waals surface area contributed by atoms with Crippen LogP contribution in [0.2, 0.25) is 0 Å². The number of carbonyl (C=O) groups is 1. The number of amides is 1. The van der Waals surface area contributed by atoms with Gasteiger partial charge in [0.15, 0.2) is 0 Å². The van der Waals surface area contributed by atoms with E-state index >= 15 is 0 Å². The predicted octanol–water partition coefficient (Wildman–Crippen LogP) is 4.46. The van der Waals surface area contributed by atoms with Crippen molar-refractivity contribution >= 4 is 5.91 Å². The van der Waals surface area contributed by atoms with Crippen LogP contribution in [-0.4, -0.2) is 25.2 Å². The number of ether oxygens (including phenoxy) is 2. The Labute approximate surface area is 145 Å². The molecule has 1 N–H and O–H groups in total. The number of benzene rings is 1. The van der Waals surface area contributed by atoms with Gasteiger partial charge in [-0.3, -0.25) is 4.79 Å². The minimum absolute atomic E-state index is 0.0152. The maximum atomic E-state index is 12.6. The molecule has 0 aromatic heterocycles. The second-order valence-electron chi connectivity index (χ2n) is 6.41. The molecule has 0 unspecified atom stereocenters.